The highest BCUT2D eigenvalue weighted by atomic mass is 35.5. The lowest BCUT2D eigenvalue weighted by Gasteiger charge is -2.38. The van der Waals surface area contributed by atoms with E-state index in [2.05, 4.69) is 10.2 Å². The van der Waals surface area contributed by atoms with Gasteiger partial charge in [-0.25, -0.2) is 0 Å². The summed E-state index contributed by atoms with van der Waals surface area (Å²) in [5.74, 6) is 1.69. The fraction of sp³-hybridized carbons (Fsp3) is 0.667. The Kier molecular flexibility index (Phi) is 3.27. The van der Waals surface area contributed by atoms with E-state index >= 15 is 0 Å². The minimum absolute atomic E-state index is 0.301. The quantitative estimate of drug-likeness (QED) is 0.760. The van der Waals surface area contributed by atoms with Crippen LogP contribution in [0.15, 0.2) is 22.6 Å². The molecule has 2 heterocycles. The third-order valence-corrected chi connectivity index (χ3v) is 3.77. The van der Waals surface area contributed by atoms with Crippen LogP contribution in [0.1, 0.15) is 6.42 Å². The van der Waals surface area contributed by atoms with Gasteiger partial charge in [0, 0.05) is 26.2 Å². The predicted molar refractivity (Wildman–Crippen MR) is 65.7 cm³/mol. The van der Waals surface area contributed by atoms with Crippen molar-refractivity contribution in [2.24, 2.45) is 0 Å². The van der Waals surface area contributed by atoms with Crippen molar-refractivity contribution in [3.63, 3.8) is 0 Å². The van der Waals surface area contributed by atoms with Crippen molar-refractivity contribution in [1.29, 1.82) is 0 Å². The molecule has 4 nitrogen and oxygen atoms in total. The van der Waals surface area contributed by atoms with Crippen LogP contribution in [0.3, 0.4) is 0 Å². The summed E-state index contributed by atoms with van der Waals surface area (Å²) in [6.07, 6.45) is 2.96. The van der Waals surface area contributed by atoms with Gasteiger partial charge >= 0.3 is 0 Å². The zero-order valence-corrected chi connectivity index (χ0v) is 10.5. The smallest absolute Gasteiger partial charge is 0.176 e. The van der Waals surface area contributed by atoms with Gasteiger partial charge in [0.15, 0.2) is 11.5 Å². The first-order chi connectivity index (χ1) is 8.36. The molecule has 1 saturated heterocycles. The maximum Gasteiger partial charge on any atom is 0.176 e. The van der Waals surface area contributed by atoms with Crippen molar-refractivity contribution < 1.29 is 9.47 Å². The van der Waals surface area contributed by atoms with Gasteiger partial charge in [-0.3, -0.25) is 4.90 Å². The number of hydrogen-bond donors (Lipinski definition) is 1. The molecule has 0 bridgehead atoms. The zero-order chi connectivity index (χ0) is 11.7. The Hall–Kier alpha value is -0.710. The van der Waals surface area contributed by atoms with E-state index in [9.17, 15) is 0 Å². The van der Waals surface area contributed by atoms with Gasteiger partial charge in [-0.05, 0) is 6.42 Å². The molecule has 1 fully saturated rings. The number of rotatable bonds is 1. The molecule has 3 rings (SSSR count). The zero-order valence-electron chi connectivity index (χ0n) is 9.75. The Bertz CT molecular complexity index is 362. The maximum atomic E-state index is 6.16. The first-order valence-corrected chi connectivity index (χ1v) is 6.54. The average molecular weight is 257 g/mol. The lowest BCUT2D eigenvalue weighted by molar-refractivity contribution is 0.0306. The van der Waals surface area contributed by atoms with Crippen molar-refractivity contribution in [1.82, 2.24) is 10.2 Å². The average Bonchev–Trinajstić information content (AvgIpc) is 2.41. The second-order valence-electron chi connectivity index (χ2n) is 4.48. The van der Waals surface area contributed by atoms with Crippen LogP contribution in [0.25, 0.3) is 0 Å². The molecule has 3 aliphatic rings. The van der Waals surface area contributed by atoms with Gasteiger partial charge in [0.1, 0.15) is 13.2 Å². The molecule has 0 amide bonds. The third-order valence-electron chi connectivity index (χ3n) is 3.44. The second kappa shape index (κ2) is 4.88. The first kappa shape index (κ1) is 11.4. The summed E-state index contributed by atoms with van der Waals surface area (Å²) in [5.41, 5.74) is 0. The molecule has 1 aliphatic carbocycles. The number of hydrogen-bond acceptors (Lipinski definition) is 4. The van der Waals surface area contributed by atoms with Gasteiger partial charge in [-0.1, -0.05) is 17.7 Å². The van der Waals surface area contributed by atoms with Crippen LogP contribution in [0.4, 0.5) is 0 Å². The largest absolute Gasteiger partial charge is 0.489 e. The van der Waals surface area contributed by atoms with Crippen LogP contribution < -0.4 is 5.32 Å². The number of halogens is 1. The van der Waals surface area contributed by atoms with E-state index in [4.69, 9.17) is 21.1 Å². The Balaban J connectivity index is 1.83. The molecule has 2 aliphatic heterocycles. The summed E-state index contributed by atoms with van der Waals surface area (Å²) in [5, 5.41) is 4.06. The lowest BCUT2D eigenvalue weighted by atomic mass is 10.0. The number of ether oxygens (including phenoxy) is 2. The van der Waals surface area contributed by atoms with Gasteiger partial charge < -0.3 is 14.8 Å². The molecule has 0 aromatic rings. The van der Waals surface area contributed by atoms with Crippen molar-refractivity contribution >= 4 is 11.6 Å². The van der Waals surface area contributed by atoms with E-state index in [0.717, 1.165) is 44.1 Å². The number of piperazine rings is 1. The summed E-state index contributed by atoms with van der Waals surface area (Å²) in [4.78, 5) is 2.44. The van der Waals surface area contributed by atoms with Crippen molar-refractivity contribution in [2.75, 3.05) is 39.4 Å². The van der Waals surface area contributed by atoms with Gasteiger partial charge in [0.2, 0.25) is 0 Å². The summed E-state index contributed by atoms with van der Waals surface area (Å²) >= 11 is 6.16. The van der Waals surface area contributed by atoms with Gasteiger partial charge in [-0.2, -0.15) is 0 Å². The molecule has 1 N–H and O–H groups in total. The fourth-order valence-corrected chi connectivity index (χ4v) is 2.83. The summed E-state index contributed by atoms with van der Waals surface area (Å²) < 4.78 is 11.4. The Labute approximate surface area is 106 Å². The normalized spacial score (nSPS) is 30.2. The monoisotopic (exact) mass is 256 g/mol. The van der Waals surface area contributed by atoms with Gasteiger partial charge in [0.25, 0.3) is 0 Å². The summed E-state index contributed by atoms with van der Waals surface area (Å²) in [6.45, 7) is 5.41. The molecule has 0 radical (unpaired) electrons. The van der Waals surface area contributed by atoms with Crippen LogP contribution in [0.5, 0.6) is 0 Å². The van der Waals surface area contributed by atoms with Crippen LogP contribution in [0.2, 0.25) is 0 Å². The molecule has 5 heteroatoms. The molecular weight excluding hydrogens is 240 g/mol. The van der Waals surface area contributed by atoms with Crippen molar-refractivity contribution in [2.45, 2.75) is 12.5 Å². The molecule has 0 aromatic carbocycles. The number of nitrogens with one attached hydrogen (secondary N) is 1. The molecule has 17 heavy (non-hydrogen) atoms. The second-order valence-corrected chi connectivity index (χ2v) is 4.89. The Morgan fingerprint density at radius 3 is 2.82 bits per heavy atom. The lowest BCUT2D eigenvalue weighted by Crippen LogP contribution is -2.50. The number of allylic oxidation sites excluding steroid dienone is 1. The highest BCUT2D eigenvalue weighted by molar-refractivity contribution is 6.31. The summed E-state index contributed by atoms with van der Waals surface area (Å²) in [6, 6.07) is 0.301. The van der Waals surface area contributed by atoms with E-state index in [1.807, 2.05) is 6.08 Å². The molecule has 1 atom stereocenters. The highest BCUT2D eigenvalue weighted by Gasteiger charge is 2.33. The SMILES string of the molecule is ClC1=CCC(N2CCNCC2)C2=C1OCCO2. The van der Waals surface area contributed by atoms with E-state index in [1.165, 1.54) is 0 Å². The van der Waals surface area contributed by atoms with Crippen LogP contribution >= 0.6 is 11.6 Å². The summed E-state index contributed by atoms with van der Waals surface area (Å²) in [7, 11) is 0. The van der Waals surface area contributed by atoms with Crippen molar-refractivity contribution in [3.05, 3.63) is 22.6 Å². The molecule has 0 saturated carbocycles. The standard InChI is InChI=1S/C12H17ClN2O2/c13-9-1-2-10(15-5-3-14-4-6-15)12-11(9)16-7-8-17-12/h1,10,14H,2-8H2. The first-order valence-electron chi connectivity index (χ1n) is 6.17. The van der Waals surface area contributed by atoms with E-state index in [1.54, 1.807) is 0 Å². The van der Waals surface area contributed by atoms with Crippen molar-refractivity contribution in [3.8, 4) is 0 Å². The minimum Gasteiger partial charge on any atom is -0.489 e. The molecule has 1 unspecified atom stereocenters. The predicted octanol–water partition coefficient (Wildman–Crippen LogP) is 1.04. The van der Waals surface area contributed by atoms with Crippen LogP contribution in [0, 0.1) is 0 Å². The highest BCUT2D eigenvalue weighted by Crippen LogP contribution is 2.34. The van der Waals surface area contributed by atoms with E-state index < -0.39 is 0 Å². The van der Waals surface area contributed by atoms with Gasteiger partial charge in [0.05, 0.1) is 11.1 Å². The van der Waals surface area contributed by atoms with Gasteiger partial charge in [-0.15, -0.1) is 0 Å². The topological polar surface area (TPSA) is 33.7 Å². The molecular formula is C12H17ClN2O2. The number of nitrogens with zero attached hydrogens (tertiary/aromatic N) is 1. The minimum atomic E-state index is 0.301. The van der Waals surface area contributed by atoms with E-state index in [-0.39, 0.29) is 0 Å². The van der Waals surface area contributed by atoms with E-state index in [0.29, 0.717) is 24.3 Å². The third kappa shape index (κ3) is 2.17. The molecule has 0 spiro atoms. The van der Waals surface area contributed by atoms with Crippen LogP contribution in [-0.4, -0.2) is 50.3 Å². The molecule has 0 aromatic heterocycles. The van der Waals surface area contributed by atoms with Crippen LogP contribution in [-0.2, 0) is 9.47 Å². The Morgan fingerprint density at radius 2 is 2.00 bits per heavy atom. The fourth-order valence-electron chi connectivity index (χ4n) is 2.59. The molecule has 94 valence electrons. The Morgan fingerprint density at radius 1 is 1.24 bits per heavy atom. The maximum absolute atomic E-state index is 6.16.